The zero-order valence-corrected chi connectivity index (χ0v) is 15.2. The van der Waals surface area contributed by atoms with Crippen LogP contribution in [0.25, 0.3) is 11.4 Å². The van der Waals surface area contributed by atoms with Crippen LogP contribution in [0, 0.1) is 5.82 Å². The fraction of sp³-hybridized carbons (Fsp3) is 0.100. The number of primary amides is 1. The van der Waals surface area contributed by atoms with Gasteiger partial charge in [-0.05, 0) is 55.5 Å². The summed E-state index contributed by atoms with van der Waals surface area (Å²) in [7, 11) is 0. The first-order valence-corrected chi connectivity index (χ1v) is 8.44. The molecule has 0 aliphatic heterocycles. The number of carboxylic acids is 1. The Kier molecular flexibility index (Phi) is 5.68. The molecule has 0 radical (unpaired) electrons. The summed E-state index contributed by atoms with van der Waals surface area (Å²) in [4.78, 5) is 30.8. The van der Waals surface area contributed by atoms with E-state index < -0.39 is 18.0 Å². The Morgan fingerprint density at radius 3 is 2.17 bits per heavy atom. The molecule has 1 atom stereocenters. The molecule has 1 amide bonds. The van der Waals surface area contributed by atoms with E-state index >= 15 is 0 Å². The second kappa shape index (κ2) is 8.34. The number of nitrogens with two attached hydrogens (primary N) is 1. The van der Waals surface area contributed by atoms with Gasteiger partial charge in [0.1, 0.15) is 23.0 Å². The van der Waals surface area contributed by atoms with E-state index in [1.54, 1.807) is 24.3 Å². The zero-order valence-electron chi connectivity index (χ0n) is 15.2. The molecule has 29 heavy (non-hydrogen) atoms. The molecule has 0 bridgehead atoms. The van der Waals surface area contributed by atoms with Gasteiger partial charge in [0.15, 0.2) is 11.9 Å². The zero-order chi connectivity index (χ0) is 21.0. The Morgan fingerprint density at radius 2 is 1.62 bits per heavy atom. The average molecular weight is 397 g/mol. The van der Waals surface area contributed by atoms with Gasteiger partial charge < -0.3 is 20.3 Å². The second-order valence-electron chi connectivity index (χ2n) is 5.96. The van der Waals surface area contributed by atoms with Gasteiger partial charge in [-0.3, -0.25) is 4.79 Å². The summed E-state index contributed by atoms with van der Waals surface area (Å²) in [5, 5.41) is 8.98. The Morgan fingerprint density at radius 1 is 1.03 bits per heavy atom. The number of rotatable bonds is 7. The van der Waals surface area contributed by atoms with Crippen LogP contribution < -0.4 is 15.2 Å². The van der Waals surface area contributed by atoms with Gasteiger partial charge in [-0.25, -0.2) is 14.2 Å². The fourth-order valence-electron chi connectivity index (χ4n) is 2.28. The molecule has 2 aromatic carbocycles. The molecule has 0 fully saturated rings. The molecule has 148 valence electrons. The van der Waals surface area contributed by atoms with E-state index in [1.807, 2.05) is 0 Å². The monoisotopic (exact) mass is 397 g/mol. The number of hydrogen-bond acceptors (Lipinski definition) is 6. The SMILES string of the molecule is CC(Oc1cc(C(N)=O)nc(-c2ccc(Oc3ccc(F)cc3)cc2)n1)C(=O)O. The van der Waals surface area contributed by atoms with Gasteiger partial charge in [0.05, 0.1) is 0 Å². The van der Waals surface area contributed by atoms with Gasteiger partial charge in [0.2, 0.25) is 5.88 Å². The summed E-state index contributed by atoms with van der Waals surface area (Å²) in [6.07, 6.45) is -1.18. The van der Waals surface area contributed by atoms with E-state index in [2.05, 4.69) is 9.97 Å². The van der Waals surface area contributed by atoms with Crippen LogP contribution in [0.5, 0.6) is 17.4 Å². The summed E-state index contributed by atoms with van der Waals surface area (Å²) >= 11 is 0. The van der Waals surface area contributed by atoms with Gasteiger partial charge in [-0.1, -0.05) is 0 Å². The summed E-state index contributed by atoms with van der Waals surface area (Å²) in [6, 6.07) is 13.3. The molecule has 3 aromatic rings. The molecule has 8 nitrogen and oxygen atoms in total. The minimum Gasteiger partial charge on any atom is -0.479 e. The van der Waals surface area contributed by atoms with Crippen molar-refractivity contribution in [3.8, 4) is 28.8 Å². The summed E-state index contributed by atoms with van der Waals surface area (Å²) < 4.78 is 23.8. The van der Waals surface area contributed by atoms with Crippen LogP contribution in [0.3, 0.4) is 0 Å². The summed E-state index contributed by atoms with van der Waals surface area (Å²) in [5.41, 5.74) is 5.70. The van der Waals surface area contributed by atoms with Crippen molar-refractivity contribution in [1.82, 2.24) is 9.97 Å². The molecule has 0 saturated carbocycles. The van der Waals surface area contributed by atoms with Crippen molar-refractivity contribution in [3.63, 3.8) is 0 Å². The first-order chi connectivity index (χ1) is 13.8. The lowest BCUT2D eigenvalue weighted by atomic mass is 10.2. The topological polar surface area (TPSA) is 125 Å². The highest BCUT2D eigenvalue weighted by Gasteiger charge is 2.17. The number of aromatic nitrogens is 2. The summed E-state index contributed by atoms with van der Waals surface area (Å²) in [5.74, 6) is -1.38. The molecule has 1 aromatic heterocycles. The van der Waals surface area contributed by atoms with Crippen LogP contribution in [0.15, 0.2) is 54.6 Å². The largest absolute Gasteiger partial charge is 0.479 e. The number of benzene rings is 2. The van der Waals surface area contributed by atoms with Crippen LogP contribution in [0.2, 0.25) is 0 Å². The van der Waals surface area contributed by atoms with E-state index in [0.29, 0.717) is 17.1 Å². The predicted molar refractivity (Wildman–Crippen MR) is 100 cm³/mol. The normalized spacial score (nSPS) is 11.5. The third-order valence-electron chi connectivity index (χ3n) is 3.76. The highest BCUT2D eigenvalue weighted by atomic mass is 19.1. The minimum atomic E-state index is -1.19. The lowest BCUT2D eigenvalue weighted by molar-refractivity contribution is -0.144. The molecule has 0 aliphatic carbocycles. The summed E-state index contributed by atoms with van der Waals surface area (Å²) in [6.45, 7) is 1.33. The number of carbonyl (C=O) groups is 2. The molecule has 1 unspecified atom stereocenters. The van der Waals surface area contributed by atoms with Crippen molar-refractivity contribution < 1.29 is 28.6 Å². The second-order valence-corrected chi connectivity index (χ2v) is 5.96. The maximum atomic E-state index is 13.0. The van der Waals surface area contributed by atoms with E-state index in [9.17, 15) is 14.0 Å². The van der Waals surface area contributed by atoms with Gasteiger partial charge >= 0.3 is 5.97 Å². The highest BCUT2D eigenvalue weighted by molar-refractivity contribution is 5.91. The van der Waals surface area contributed by atoms with Crippen molar-refractivity contribution in [1.29, 1.82) is 0 Å². The van der Waals surface area contributed by atoms with Crippen LogP contribution in [0.1, 0.15) is 17.4 Å². The van der Waals surface area contributed by atoms with E-state index in [-0.39, 0.29) is 23.2 Å². The Labute approximate surface area is 164 Å². The fourth-order valence-corrected chi connectivity index (χ4v) is 2.28. The quantitative estimate of drug-likeness (QED) is 0.628. The molecule has 0 spiro atoms. The molecule has 0 saturated heterocycles. The molecule has 9 heteroatoms. The number of halogens is 1. The molecular formula is C20H16FN3O5. The smallest absolute Gasteiger partial charge is 0.344 e. The Bertz CT molecular complexity index is 1040. The van der Waals surface area contributed by atoms with Crippen LogP contribution in [0.4, 0.5) is 4.39 Å². The molecule has 1 heterocycles. The third-order valence-corrected chi connectivity index (χ3v) is 3.76. The lowest BCUT2D eigenvalue weighted by Gasteiger charge is -2.11. The molecular weight excluding hydrogens is 381 g/mol. The number of carbonyl (C=O) groups excluding carboxylic acids is 1. The van der Waals surface area contributed by atoms with Gasteiger partial charge in [0.25, 0.3) is 5.91 Å². The Hall–Kier alpha value is -4.01. The van der Waals surface area contributed by atoms with Crippen molar-refractivity contribution in [2.45, 2.75) is 13.0 Å². The molecule has 3 N–H and O–H groups in total. The van der Waals surface area contributed by atoms with Crippen molar-refractivity contribution in [2.24, 2.45) is 5.73 Å². The number of hydrogen-bond donors (Lipinski definition) is 2. The van der Waals surface area contributed by atoms with E-state index in [4.69, 9.17) is 20.3 Å². The van der Waals surface area contributed by atoms with E-state index in [0.717, 1.165) is 0 Å². The van der Waals surface area contributed by atoms with Gasteiger partial charge in [-0.15, -0.1) is 0 Å². The Balaban J connectivity index is 1.86. The van der Waals surface area contributed by atoms with Crippen molar-refractivity contribution in [2.75, 3.05) is 0 Å². The van der Waals surface area contributed by atoms with Gasteiger partial charge in [-0.2, -0.15) is 4.98 Å². The highest BCUT2D eigenvalue weighted by Crippen LogP contribution is 2.26. The van der Waals surface area contributed by atoms with Gasteiger partial charge in [0, 0.05) is 11.6 Å². The maximum absolute atomic E-state index is 13.0. The van der Waals surface area contributed by atoms with E-state index in [1.165, 1.54) is 37.3 Å². The number of ether oxygens (including phenoxy) is 2. The number of carboxylic acid groups (broad SMARTS) is 1. The lowest BCUT2D eigenvalue weighted by Crippen LogP contribution is -2.24. The predicted octanol–water partition coefficient (Wildman–Crippen LogP) is 3.03. The first-order valence-electron chi connectivity index (χ1n) is 8.44. The number of amides is 1. The third kappa shape index (κ3) is 5.04. The van der Waals surface area contributed by atoms with Crippen LogP contribution in [-0.4, -0.2) is 33.1 Å². The molecule has 0 aliphatic rings. The van der Waals surface area contributed by atoms with Crippen LogP contribution in [-0.2, 0) is 4.79 Å². The average Bonchev–Trinajstić information content (AvgIpc) is 2.70. The van der Waals surface area contributed by atoms with Crippen LogP contribution >= 0.6 is 0 Å². The molecule has 3 rings (SSSR count). The van der Waals surface area contributed by atoms with Crippen molar-refractivity contribution >= 4 is 11.9 Å². The number of nitrogens with zero attached hydrogens (tertiary/aromatic N) is 2. The first kappa shape index (κ1) is 19.7. The number of aliphatic carboxylic acids is 1. The maximum Gasteiger partial charge on any atom is 0.344 e. The van der Waals surface area contributed by atoms with Crippen molar-refractivity contribution in [3.05, 3.63) is 66.1 Å². The minimum absolute atomic E-state index is 0.0923. The standard InChI is InChI=1S/C20H16FN3O5/c1-11(20(26)27)28-17-10-16(18(22)25)23-19(24-17)12-2-6-14(7-3-12)29-15-8-4-13(21)5-9-15/h2-11H,1H3,(H2,22,25)(H,26,27).